The van der Waals surface area contributed by atoms with Crippen molar-refractivity contribution < 1.29 is 14.3 Å². The molecule has 0 spiro atoms. The lowest BCUT2D eigenvalue weighted by atomic mass is 10.1. The summed E-state index contributed by atoms with van der Waals surface area (Å²) in [6.45, 7) is 3.94. The molecule has 122 valence electrons. The molecular formula is C19H23NO3. The first-order valence-corrected chi connectivity index (χ1v) is 7.60. The minimum absolute atomic E-state index is 0.00196. The van der Waals surface area contributed by atoms with Crippen LogP contribution in [0.4, 0.5) is 0 Å². The van der Waals surface area contributed by atoms with E-state index in [0.717, 1.165) is 28.2 Å². The topological polar surface area (TPSA) is 47.6 Å². The van der Waals surface area contributed by atoms with Crippen LogP contribution in [0, 0.1) is 6.92 Å². The second-order valence-electron chi connectivity index (χ2n) is 5.54. The van der Waals surface area contributed by atoms with Gasteiger partial charge in [-0.25, -0.2) is 0 Å². The summed E-state index contributed by atoms with van der Waals surface area (Å²) in [5.74, 6) is 1.64. The maximum absolute atomic E-state index is 12.2. The number of carbonyl (C=O) groups excluding carboxylic acids is 1. The minimum Gasteiger partial charge on any atom is -0.497 e. The molecule has 0 aliphatic carbocycles. The highest BCUT2D eigenvalue weighted by Crippen LogP contribution is 2.20. The van der Waals surface area contributed by atoms with Crippen LogP contribution in [0.15, 0.2) is 42.5 Å². The van der Waals surface area contributed by atoms with Crippen molar-refractivity contribution in [2.75, 3.05) is 14.2 Å². The van der Waals surface area contributed by atoms with Crippen LogP contribution in [0.25, 0.3) is 0 Å². The van der Waals surface area contributed by atoms with Crippen molar-refractivity contribution in [3.8, 4) is 11.5 Å². The SMILES string of the molecule is COc1ccc([C@@H](C)NC(=O)Cc2ccc(OC)c(C)c2)cc1. The molecule has 2 aromatic rings. The fourth-order valence-electron chi connectivity index (χ4n) is 2.50. The highest BCUT2D eigenvalue weighted by Gasteiger charge is 2.11. The zero-order chi connectivity index (χ0) is 16.8. The summed E-state index contributed by atoms with van der Waals surface area (Å²) >= 11 is 0. The molecule has 0 fully saturated rings. The molecule has 2 aromatic carbocycles. The minimum atomic E-state index is -0.0484. The summed E-state index contributed by atoms with van der Waals surface area (Å²) in [5.41, 5.74) is 3.05. The Kier molecular flexibility index (Phi) is 5.63. The van der Waals surface area contributed by atoms with Crippen LogP contribution in [-0.2, 0) is 11.2 Å². The molecule has 4 heteroatoms. The molecule has 1 amide bonds. The van der Waals surface area contributed by atoms with Crippen LogP contribution < -0.4 is 14.8 Å². The fourth-order valence-corrected chi connectivity index (χ4v) is 2.50. The standard InChI is InChI=1S/C19H23NO3/c1-13-11-15(5-10-18(13)23-4)12-19(21)20-14(2)16-6-8-17(22-3)9-7-16/h5-11,14H,12H2,1-4H3,(H,20,21)/t14-/m1/s1. The number of carbonyl (C=O) groups is 1. The predicted octanol–water partition coefficient (Wildman–Crippen LogP) is 3.43. The van der Waals surface area contributed by atoms with Gasteiger partial charge in [0, 0.05) is 0 Å². The lowest BCUT2D eigenvalue weighted by molar-refractivity contribution is -0.121. The van der Waals surface area contributed by atoms with Crippen LogP contribution in [-0.4, -0.2) is 20.1 Å². The number of rotatable bonds is 6. The first-order valence-electron chi connectivity index (χ1n) is 7.60. The summed E-state index contributed by atoms with van der Waals surface area (Å²) in [5, 5.41) is 3.02. The predicted molar refractivity (Wildman–Crippen MR) is 91.0 cm³/mol. The average Bonchev–Trinajstić information content (AvgIpc) is 2.55. The summed E-state index contributed by atoms with van der Waals surface area (Å²) in [6.07, 6.45) is 0.353. The van der Waals surface area contributed by atoms with Gasteiger partial charge in [-0.3, -0.25) is 4.79 Å². The fraction of sp³-hybridized carbons (Fsp3) is 0.316. The number of aryl methyl sites for hydroxylation is 1. The summed E-state index contributed by atoms with van der Waals surface area (Å²) in [6, 6.07) is 13.5. The molecule has 0 aromatic heterocycles. The lowest BCUT2D eigenvalue weighted by Gasteiger charge is -2.15. The monoisotopic (exact) mass is 313 g/mol. The first-order chi connectivity index (χ1) is 11.0. The van der Waals surface area contributed by atoms with E-state index in [4.69, 9.17) is 9.47 Å². The van der Waals surface area contributed by atoms with Gasteiger partial charge >= 0.3 is 0 Å². The van der Waals surface area contributed by atoms with E-state index in [9.17, 15) is 4.79 Å². The molecule has 0 saturated heterocycles. The van der Waals surface area contributed by atoms with E-state index < -0.39 is 0 Å². The summed E-state index contributed by atoms with van der Waals surface area (Å²) in [7, 11) is 3.28. The Labute approximate surface area is 137 Å². The Morgan fingerprint density at radius 2 is 1.78 bits per heavy atom. The molecule has 0 saturated carbocycles. The molecule has 0 heterocycles. The van der Waals surface area contributed by atoms with Crippen LogP contribution >= 0.6 is 0 Å². The number of hydrogen-bond donors (Lipinski definition) is 1. The van der Waals surface area contributed by atoms with Crippen molar-refractivity contribution in [2.24, 2.45) is 0 Å². The van der Waals surface area contributed by atoms with E-state index in [1.54, 1.807) is 14.2 Å². The number of ether oxygens (including phenoxy) is 2. The Hall–Kier alpha value is -2.49. The maximum atomic E-state index is 12.2. The highest BCUT2D eigenvalue weighted by atomic mass is 16.5. The van der Waals surface area contributed by atoms with Gasteiger partial charge in [0.15, 0.2) is 0 Å². The number of methoxy groups -OCH3 is 2. The van der Waals surface area contributed by atoms with Crippen LogP contribution in [0.3, 0.4) is 0 Å². The van der Waals surface area contributed by atoms with Gasteiger partial charge in [-0.05, 0) is 48.7 Å². The van der Waals surface area contributed by atoms with Crippen molar-refractivity contribution >= 4 is 5.91 Å². The summed E-state index contributed by atoms with van der Waals surface area (Å²) in [4.78, 5) is 12.2. The second-order valence-corrected chi connectivity index (χ2v) is 5.54. The second kappa shape index (κ2) is 7.68. The molecule has 4 nitrogen and oxygen atoms in total. The van der Waals surface area contributed by atoms with Crippen LogP contribution in [0.1, 0.15) is 29.7 Å². The van der Waals surface area contributed by atoms with Gasteiger partial charge < -0.3 is 14.8 Å². The lowest BCUT2D eigenvalue weighted by Crippen LogP contribution is -2.28. The highest BCUT2D eigenvalue weighted by molar-refractivity contribution is 5.79. The molecule has 23 heavy (non-hydrogen) atoms. The normalized spacial score (nSPS) is 11.7. The van der Waals surface area contributed by atoms with Crippen LogP contribution in [0.2, 0.25) is 0 Å². The quantitative estimate of drug-likeness (QED) is 0.889. The summed E-state index contributed by atoms with van der Waals surface area (Å²) < 4.78 is 10.4. The zero-order valence-electron chi connectivity index (χ0n) is 14.1. The average molecular weight is 313 g/mol. The Bertz CT molecular complexity index is 665. The Morgan fingerprint density at radius 3 is 2.35 bits per heavy atom. The molecule has 0 unspecified atom stereocenters. The van der Waals surface area contributed by atoms with Crippen molar-refractivity contribution in [3.05, 3.63) is 59.2 Å². The third kappa shape index (κ3) is 4.49. The van der Waals surface area contributed by atoms with E-state index in [-0.39, 0.29) is 11.9 Å². The van der Waals surface area contributed by atoms with Gasteiger partial charge in [0.25, 0.3) is 0 Å². The van der Waals surface area contributed by atoms with Crippen molar-refractivity contribution in [3.63, 3.8) is 0 Å². The van der Waals surface area contributed by atoms with Gasteiger partial charge in [0.2, 0.25) is 5.91 Å². The number of benzene rings is 2. The third-order valence-corrected chi connectivity index (χ3v) is 3.82. The van der Waals surface area contributed by atoms with Gasteiger partial charge in [0.1, 0.15) is 11.5 Å². The van der Waals surface area contributed by atoms with E-state index in [2.05, 4.69) is 5.32 Å². The Morgan fingerprint density at radius 1 is 1.09 bits per heavy atom. The van der Waals surface area contributed by atoms with Crippen molar-refractivity contribution in [1.82, 2.24) is 5.32 Å². The molecule has 0 bridgehead atoms. The third-order valence-electron chi connectivity index (χ3n) is 3.82. The molecule has 1 atom stereocenters. The van der Waals surface area contributed by atoms with Gasteiger partial charge in [-0.1, -0.05) is 24.3 Å². The largest absolute Gasteiger partial charge is 0.497 e. The first kappa shape index (κ1) is 16.9. The maximum Gasteiger partial charge on any atom is 0.224 e. The number of hydrogen-bond acceptors (Lipinski definition) is 3. The van der Waals surface area contributed by atoms with Crippen molar-refractivity contribution in [2.45, 2.75) is 26.3 Å². The number of nitrogens with one attached hydrogen (secondary N) is 1. The van der Waals surface area contributed by atoms with E-state index >= 15 is 0 Å². The van der Waals surface area contributed by atoms with Crippen LogP contribution in [0.5, 0.6) is 11.5 Å². The Balaban J connectivity index is 1.96. The van der Waals surface area contributed by atoms with E-state index in [0.29, 0.717) is 6.42 Å². The molecule has 2 rings (SSSR count). The molecule has 0 aliphatic rings. The van der Waals surface area contributed by atoms with Gasteiger partial charge in [-0.15, -0.1) is 0 Å². The van der Waals surface area contributed by atoms with Gasteiger partial charge in [0.05, 0.1) is 26.7 Å². The smallest absolute Gasteiger partial charge is 0.224 e. The number of amides is 1. The molecule has 0 aliphatic heterocycles. The van der Waals surface area contributed by atoms with E-state index in [1.807, 2.05) is 56.3 Å². The van der Waals surface area contributed by atoms with Gasteiger partial charge in [-0.2, -0.15) is 0 Å². The molecule has 1 N–H and O–H groups in total. The van der Waals surface area contributed by atoms with Crippen molar-refractivity contribution in [1.29, 1.82) is 0 Å². The molecule has 0 radical (unpaired) electrons. The zero-order valence-corrected chi connectivity index (χ0v) is 14.1. The molecular weight excluding hydrogens is 290 g/mol. The van der Waals surface area contributed by atoms with E-state index in [1.165, 1.54) is 0 Å².